The van der Waals surface area contributed by atoms with Gasteiger partial charge in [0.15, 0.2) is 13.2 Å². The van der Waals surface area contributed by atoms with Gasteiger partial charge < -0.3 is 64.2 Å². The van der Waals surface area contributed by atoms with Gasteiger partial charge in [0.25, 0.3) is 23.4 Å². The second-order valence-electron chi connectivity index (χ2n) is 27.7. The number of hydrogen-bond acceptors (Lipinski definition) is 22. The van der Waals surface area contributed by atoms with Crippen molar-refractivity contribution in [2.24, 2.45) is 0 Å². The number of nitro groups is 1. The zero-order chi connectivity index (χ0) is 92.9. The summed E-state index contributed by atoms with van der Waals surface area (Å²) in [6, 6.07) is 53.6. The quantitative estimate of drug-likeness (QED) is 0.0142. The number of allylic oxidation sites excluding steroid dienone is 2. The number of dihydropyridines is 1. The molecule has 0 saturated carbocycles. The SMILES string of the molecule is COC(=O)C1=C(C)NC(C)=C(C(=O)OC)C1c1ccccc1[N+](=O)[O-].COc1ccc2c(c1)c(CC(=O)O)c(C)n2C(=O)c1ccc(Cl)cc1.COc1ccc2c(c1)c(CC(=O)OCC(=O)O)c(C)n2C(=O)c1ccc(Cl)cc1.COc1ccc2c(c1)c(CC(=O)OCC(=O)O)c(C)n2C(=O)c1ccc(Cl)cc1.O=C(O)Cc1ccccc1Nc1c(Cl)cccc1Cl. The second-order valence-corrected chi connectivity index (χ2v) is 29.8. The van der Waals surface area contributed by atoms with Crippen LogP contribution >= 0.6 is 58.0 Å². The number of ether oxygens (including phenoxy) is 7. The van der Waals surface area contributed by atoms with Crippen LogP contribution in [-0.2, 0) is 83.0 Å². The van der Waals surface area contributed by atoms with Gasteiger partial charge in [-0.25, -0.2) is 19.2 Å². The standard InChI is InChI=1S/2C21H18ClNO6.C19H16ClNO4.C17H18N2O6.C14H11Cl2NO2/c2*1-12-16(10-20(26)29-11-19(24)25)17-9-15(28-2)7-8-18(17)23(12)21(27)13-3-5-14(22)6-4-13;1-11-15(10-18(22)23)16-9-14(25-2)7-8-17(16)21(11)19(24)12-3-5-13(20)6-4-12;1-9-13(16(20)24-3)15(14(10(2)18-9)17(21)25-4)11-7-5-6-8-12(11)19(22)23;15-10-5-3-6-11(16)14(10)17-12-7-2-1-4-9(12)8-13(18)19/h2*3-9H,10-11H2,1-2H3,(H,24,25);3-9H,10H2,1-2H3,(H,22,23);5-8,15,18H,1-4H3;1-7,17H,8H2,(H,18,19). The van der Waals surface area contributed by atoms with Crippen molar-refractivity contribution in [2.45, 2.75) is 66.2 Å². The number of halogens is 5. The Labute approximate surface area is 750 Å². The zero-order valence-corrected chi connectivity index (χ0v) is 73.2. The van der Waals surface area contributed by atoms with Gasteiger partial charge in [0, 0.05) is 93.7 Å². The molecule has 0 aliphatic carbocycles. The predicted molar refractivity (Wildman–Crippen MR) is 475 cm³/mol. The van der Waals surface area contributed by atoms with Gasteiger partial charge in [-0.3, -0.25) is 57.4 Å². The van der Waals surface area contributed by atoms with E-state index in [4.69, 9.17) is 106 Å². The van der Waals surface area contributed by atoms with Crippen molar-refractivity contribution in [1.82, 2.24) is 19.0 Å². The first-order valence-electron chi connectivity index (χ1n) is 38.0. The number of nitrogens with zero attached hydrogens (tertiary/aromatic N) is 4. The lowest BCUT2D eigenvalue weighted by Crippen LogP contribution is -2.32. The Balaban J connectivity index is 0.000000181. The van der Waals surface area contributed by atoms with E-state index in [2.05, 4.69) is 10.6 Å². The predicted octanol–water partition coefficient (Wildman–Crippen LogP) is 17.4. The third kappa shape index (κ3) is 23.6. The summed E-state index contributed by atoms with van der Waals surface area (Å²) >= 11 is 29.9. The molecule has 0 saturated heterocycles. The van der Waals surface area contributed by atoms with Crippen molar-refractivity contribution in [3.63, 3.8) is 0 Å². The van der Waals surface area contributed by atoms with Crippen molar-refractivity contribution < 1.29 is 111 Å². The molecule has 0 unspecified atom stereocenters. The Morgan fingerprint density at radius 3 is 1.11 bits per heavy atom. The number of carbonyl (C=O) groups is 11. The largest absolute Gasteiger partial charge is 0.497 e. The molecular formula is C92H81Cl5N6O24. The fourth-order valence-corrected chi connectivity index (χ4v) is 14.8. The summed E-state index contributed by atoms with van der Waals surface area (Å²) < 4.78 is 39.5. The molecule has 0 amide bonds. The van der Waals surface area contributed by atoms with Gasteiger partial charge in [0.05, 0.1) is 116 Å². The topological polar surface area (TPSA) is 415 Å². The van der Waals surface area contributed by atoms with Gasteiger partial charge in [0.2, 0.25) is 0 Å². The number of rotatable bonds is 24. The lowest BCUT2D eigenvalue weighted by molar-refractivity contribution is -0.385. The van der Waals surface area contributed by atoms with Crippen LogP contribution in [-0.4, -0.2) is 153 Å². The van der Waals surface area contributed by atoms with Crippen molar-refractivity contribution in [3.05, 3.63) is 313 Å². The van der Waals surface area contributed by atoms with Crippen LogP contribution in [0.25, 0.3) is 32.7 Å². The van der Waals surface area contributed by atoms with E-state index in [9.17, 15) is 68.0 Å². The first kappa shape index (κ1) is 96.5. The van der Waals surface area contributed by atoms with Crippen molar-refractivity contribution >= 4 is 173 Å². The molecule has 0 bridgehead atoms. The van der Waals surface area contributed by atoms with Gasteiger partial charge >= 0.3 is 47.8 Å². The first-order valence-corrected chi connectivity index (χ1v) is 39.9. The molecule has 0 radical (unpaired) electrons. The Bertz CT molecular complexity index is 6120. The van der Waals surface area contributed by atoms with E-state index in [0.717, 1.165) is 0 Å². The molecule has 1 aliphatic heterocycles. The van der Waals surface area contributed by atoms with E-state index in [-0.39, 0.29) is 65.8 Å². The molecule has 0 atom stereocenters. The molecule has 127 heavy (non-hydrogen) atoms. The number of para-hydroxylation sites is 3. The van der Waals surface area contributed by atoms with Gasteiger partial charge in [-0.05, 0) is 202 Å². The van der Waals surface area contributed by atoms with Gasteiger partial charge in [-0.15, -0.1) is 0 Å². The summed E-state index contributed by atoms with van der Waals surface area (Å²) in [5, 5.41) is 57.5. The smallest absolute Gasteiger partial charge is 0.341 e. The maximum absolute atomic E-state index is 13.2. The highest BCUT2D eigenvalue weighted by Crippen LogP contribution is 2.44. The number of methoxy groups -OCH3 is 5. The number of nitro benzene ring substituents is 1. The van der Waals surface area contributed by atoms with Crippen LogP contribution in [0.3, 0.4) is 0 Å². The number of anilines is 2. The van der Waals surface area contributed by atoms with Crippen LogP contribution < -0.4 is 24.8 Å². The van der Waals surface area contributed by atoms with E-state index < -0.39 is 71.8 Å². The molecule has 3 aromatic heterocycles. The molecule has 0 spiro atoms. The molecule has 35 heteroatoms. The van der Waals surface area contributed by atoms with Crippen LogP contribution in [0.2, 0.25) is 25.1 Å². The molecule has 4 heterocycles. The van der Waals surface area contributed by atoms with E-state index >= 15 is 0 Å². The molecular weight excluding hydrogens is 1750 g/mol. The van der Waals surface area contributed by atoms with E-state index in [1.54, 1.807) is 212 Å². The minimum Gasteiger partial charge on any atom is -0.497 e. The van der Waals surface area contributed by atoms with Crippen LogP contribution in [0.1, 0.15) is 95.7 Å². The van der Waals surface area contributed by atoms with Gasteiger partial charge in [-0.2, -0.15) is 0 Å². The number of carboxylic acids is 4. The summed E-state index contributed by atoms with van der Waals surface area (Å²) in [5.74, 6) is -7.10. The van der Waals surface area contributed by atoms with E-state index in [0.29, 0.717) is 154 Å². The second kappa shape index (κ2) is 43.8. The molecule has 13 rings (SSSR count). The third-order valence-electron chi connectivity index (χ3n) is 19.8. The lowest BCUT2D eigenvalue weighted by atomic mass is 9.79. The molecule has 12 aromatic rings. The summed E-state index contributed by atoms with van der Waals surface area (Å²) in [4.78, 5) is 143. The van der Waals surface area contributed by atoms with Crippen LogP contribution in [0.15, 0.2) is 217 Å². The highest BCUT2D eigenvalue weighted by atomic mass is 35.5. The van der Waals surface area contributed by atoms with E-state index in [1.165, 1.54) is 60.3 Å². The molecule has 6 N–H and O–H groups in total. The maximum Gasteiger partial charge on any atom is 0.341 e. The van der Waals surface area contributed by atoms with E-state index in [1.807, 2.05) is 6.07 Å². The van der Waals surface area contributed by atoms with Crippen LogP contribution in [0.5, 0.6) is 17.2 Å². The van der Waals surface area contributed by atoms with Gasteiger partial charge in [0.1, 0.15) is 17.2 Å². The monoisotopic (exact) mass is 1830 g/mol. The lowest BCUT2D eigenvalue weighted by Gasteiger charge is -2.29. The Morgan fingerprint density at radius 1 is 0.425 bits per heavy atom. The normalized spacial score (nSPS) is 11.5. The summed E-state index contributed by atoms with van der Waals surface area (Å²) in [6.07, 6.45) is -0.588. The highest BCUT2D eigenvalue weighted by Gasteiger charge is 2.41. The number of aromatic nitrogens is 3. The fraction of sp³-hybridized carbons (Fsp3) is 0.185. The maximum atomic E-state index is 13.2. The van der Waals surface area contributed by atoms with Crippen molar-refractivity contribution in [2.75, 3.05) is 54.1 Å². The minimum atomic E-state index is -1.24. The van der Waals surface area contributed by atoms with Crippen molar-refractivity contribution in [1.29, 1.82) is 0 Å². The first-order chi connectivity index (χ1) is 60.4. The summed E-state index contributed by atoms with van der Waals surface area (Å²) in [7, 11) is 7.00. The number of nitrogens with one attached hydrogen (secondary N) is 2. The number of carbonyl (C=O) groups excluding carboxylic acids is 7. The summed E-state index contributed by atoms with van der Waals surface area (Å²) in [5.41, 5.74) is 9.76. The molecule has 0 fully saturated rings. The zero-order valence-electron chi connectivity index (χ0n) is 69.4. The average molecular weight is 1830 g/mol. The molecule has 1 aliphatic rings. The molecule has 658 valence electrons. The fourth-order valence-electron chi connectivity index (χ4n) is 13.9. The number of aliphatic carboxylic acids is 4. The third-order valence-corrected chi connectivity index (χ3v) is 21.2. The Morgan fingerprint density at radius 2 is 0.772 bits per heavy atom. The Kier molecular flexibility index (Phi) is 33.3. The number of carboxylic acid groups (broad SMARTS) is 4. The minimum absolute atomic E-state index is 0.0642. The summed E-state index contributed by atoms with van der Waals surface area (Å²) in [6.45, 7) is 7.04. The number of hydrogen-bond donors (Lipinski definition) is 6. The number of fused-ring (bicyclic) bond motifs is 3. The number of esters is 4. The number of benzene rings is 9. The van der Waals surface area contributed by atoms with Crippen molar-refractivity contribution in [3.8, 4) is 17.2 Å². The van der Waals surface area contributed by atoms with Crippen LogP contribution in [0, 0.1) is 30.9 Å². The highest BCUT2D eigenvalue weighted by molar-refractivity contribution is 6.39. The Hall–Kier alpha value is -14.3. The van der Waals surface area contributed by atoms with Crippen LogP contribution in [0.4, 0.5) is 17.1 Å². The average Bonchev–Trinajstić information content (AvgIpc) is 1.70. The molecule has 30 nitrogen and oxygen atoms in total. The van der Waals surface area contributed by atoms with Gasteiger partial charge in [-0.1, -0.05) is 100 Å². The molecule has 9 aromatic carbocycles.